The van der Waals surface area contributed by atoms with Gasteiger partial charge in [0.1, 0.15) is 0 Å². The van der Waals surface area contributed by atoms with Gasteiger partial charge in [0.25, 0.3) is 0 Å². The zero-order chi connectivity index (χ0) is 10.7. The fraction of sp³-hybridized carbons (Fsp3) is 0.333. The van der Waals surface area contributed by atoms with Crippen molar-refractivity contribution in [2.24, 2.45) is 0 Å². The summed E-state index contributed by atoms with van der Waals surface area (Å²) in [5.74, 6) is 0. The largest absolute Gasteiger partial charge is 0.272 e. The minimum Gasteiger partial charge on any atom is -0.272 e. The standard InChI is InChI=1S/C12H15N3/c1-3-4-15-9-12(8-14-15)11-5-10(2)6-13-7-11/h5-9H,3-4H2,1-2H3. The molecule has 2 aromatic heterocycles. The fourth-order valence-corrected chi connectivity index (χ4v) is 1.58. The van der Waals surface area contributed by atoms with Crippen molar-refractivity contribution in [2.45, 2.75) is 26.8 Å². The summed E-state index contributed by atoms with van der Waals surface area (Å²) in [6.07, 6.45) is 8.81. The van der Waals surface area contributed by atoms with Crippen molar-refractivity contribution in [1.29, 1.82) is 0 Å². The van der Waals surface area contributed by atoms with Crippen LogP contribution in [0.25, 0.3) is 11.1 Å². The second-order valence-electron chi connectivity index (χ2n) is 3.74. The minimum absolute atomic E-state index is 0.971. The Morgan fingerprint density at radius 1 is 1.20 bits per heavy atom. The quantitative estimate of drug-likeness (QED) is 0.764. The molecule has 2 rings (SSSR count). The third kappa shape index (κ3) is 2.24. The molecule has 0 amide bonds. The molecule has 0 saturated carbocycles. The van der Waals surface area contributed by atoms with Crippen molar-refractivity contribution in [3.8, 4) is 11.1 Å². The molecular formula is C12H15N3. The van der Waals surface area contributed by atoms with Crippen molar-refractivity contribution in [3.63, 3.8) is 0 Å². The van der Waals surface area contributed by atoms with Crippen LogP contribution in [0, 0.1) is 6.92 Å². The lowest BCUT2D eigenvalue weighted by Gasteiger charge is -1.98. The van der Waals surface area contributed by atoms with Crippen LogP contribution in [0.2, 0.25) is 0 Å². The summed E-state index contributed by atoms with van der Waals surface area (Å²) >= 11 is 0. The molecule has 0 unspecified atom stereocenters. The van der Waals surface area contributed by atoms with Gasteiger partial charge >= 0.3 is 0 Å². The molecule has 0 aliphatic rings. The van der Waals surface area contributed by atoms with E-state index in [1.54, 1.807) is 0 Å². The molecule has 3 nitrogen and oxygen atoms in total. The van der Waals surface area contributed by atoms with Crippen LogP contribution in [0.1, 0.15) is 18.9 Å². The highest BCUT2D eigenvalue weighted by Gasteiger charge is 2.01. The molecule has 0 N–H and O–H groups in total. The normalized spacial score (nSPS) is 10.5. The first-order chi connectivity index (χ1) is 7.29. The first-order valence-corrected chi connectivity index (χ1v) is 5.24. The van der Waals surface area contributed by atoms with Gasteiger partial charge in [-0.25, -0.2) is 0 Å². The van der Waals surface area contributed by atoms with E-state index < -0.39 is 0 Å². The van der Waals surface area contributed by atoms with Crippen molar-refractivity contribution >= 4 is 0 Å². The zero-order valence-corrected chi connectivity index (χ0v) is 9.14. The number of rotatable bonds is 3. The summed E-state index contributed by atoms with van der Waals surface area (Å²) < 4.78 is 1.97. The predicted molar refractivity (Wildman–Crippen MR) is 60.5 cm³/mol. The average molecular weight is 201 g/mol. The highest BCUT2D eigenvalue weighted by atomic mass is 15.3. The average Bonchev–Trinajstić information content (AvgIpc) is 2.67. The molecule has 78 valence electrons. The predicted octanol–water partition coefficient (Wildman–Crippen LogP) is 2.66. The topological polar surface area (TPSA) is 30.7 Å². The van der Waals surface area contributed by atoms with Gasteiger partial charge in [-0.3, -0.25) is 9.67 Å². The molecule has 0 atom stereocenters. The van der Waals surface area contributed by atoms with Crippen LogP contribution in [-0.2, 0) is 6.54 Å². The van der Waals surface area contributed by atoms with Gasteiger partial charge in [-0.05, 0) is 25.0 Å². The maximum absolute atomic E-state index is 4.30. The molecule has 0 aliphatic heterocycles. The van der Waals surface area contributed by atoms with Gasteiger partial charge in [-0.15, -0.1) is 0 Å². The molecule has 0 saturated heterocycles. The highest BCUT2D eigenvalue weighted by molar-refractivity contribution is 5.61. The fourth-order valence-electron chi connectivity index (χ4n) is 1.58. The van der Waals surface area contributed by atoms with E-state index in [4.69, 9.17) is 0 Å². The van der Waals surface area contributed by atoms with Crippen LogP contribution in [0.5, 0.6) is 0 Å². The first-order valence-electron chi connectivity index (χ1n) is 5.24. The maximum Gasteiger partial charge on any atom is 0.0568 e. The summed E-state index contributed by atoms with van der Waals surface area (Å²) in [4.78, 5) is 4.18. The number of hydrogen-bond acceptors (Lipinski definition) is 2. The van der Waals surface area contributed by atoms with Gasteiger partial charge in [0.05, 0.1) is 6.20 Å². The highest BCUT2D eigenvalue weighted by Crippen LogP contribution is 2.18. The Morgan fingerprint density at radius 2 is 2.07 bits per heavy atom. The number of hydrogen-bond donors (Lipinski definition) is 0. The monoisotopic (exact) mass is 201 g/mol. The maximum atomic E-state index is 4.30. The first kappa shape index (κ1) is 9.90. The summed E-state index contributed by atoms with van der Waals surface area (Å²) in [7, 11) is 0. The van der Waals surface area contributed by atoms with Gasteiger partial charge in [0.15, 0.2) is 0 Å². The number of pyridine rings is 1. The molecule has 0 fully saturated rings. The van der Waals surface area contributed by atoms with Crippen LogP contribution >= 0.6 is 0 Å². The summed E-state index contributed by atoms with van der Waals surface area (Å²) in [6, 6.07) is 2.13. The third-order valence-electron chi connectivity index (χ3n) is 2.29. The minimum atomic E-state index is 0.971. The van der Waals surface area contributed by atoms with E-state index in [0.717, 1.165) is 24.1 Å². The Balaban J connectivity index is 2.29. The summed E-state index contributed by atoms with van der Waals surface area (Å²) in [6.45, 7) is 5.17. The Morgan fingerprint density at radius 3 is 2.80 bits per heavy atom. The van der Waals surface area contributed by atoms with Crippen LogP contribution in [0.15, 0.2) is 30.9 Å². The molecule has 3 heteroatoms. The van der Waals surface area contributed by atoms with Gasteiger partial charge in [-0.2, -0.15) is 5.10 Å². The van der Waals surface area contributed by atoms with Crippen LogP contribution in [-0.4, -0.2) is 14.8 Å². The van der Waals surface area contributed by atoms with E-state index in [2.05, 4.69) is 29.3 Å². The van der Waals surface area contributed by atoms with Gasteiger partial charge in [0.2, 0.25) is 0 Å². The lowest BCUT2D eigenvalue weighted by molar-refractivity contribution is 0.603. The third-order valence-corrected chi connectivity index (χ3v) is 2.29. The van der Waals surface area contributed by atoms with Crippen molar-refractivity contribution < 1.29 is 0 Å². The molecule has 0 aromatic carbocycles. The van der Waals surface area contributed by atoms with E-state index in [1.807, 2.05) is 30.2 Å². The molecule has 0 radical (unpaired) electrons. The number of aryl methyl sites for hydroxylation is 2. The SMILES string of the molecule is CCCn1cc(-c2cncc(C)c2)cn1. The molecule has 0 aliphatic carbocycles. The van der Waals surface area contributed by atoms with Crippen molar-refractivity contribution in [2.75, 3.05) is 0 Å². The Labute approximate surface area is 89.8 Å². The molecular weight excluding hydrogens is 186 g/mol. The number of nitrogens with zero attached hydrogens (tertiary/aromatic N) is 3. The molecule has 0 spiro atoms. The van der Waals surface area contributed by atoms with Gasteiger partial charge in [0, 0.05) is 36.3 Å². The molecule has 0 bridgehead atoms. The van der Waals surface area contributed by atoms with Crippen molar-refractivity contribution in [1.82, 2.24) is 14.8 Å². The Hall–Kier alpha value is -1.64. The van der Waals surface area contributed by atoms with Crippen molar-refractivity contribution in [3.05, 3.63) is 36.4 Å². The van der Waals surface area contributed by atoms with Crippen LogP contribution < -0.4 is 0 Å². The smallest absolute Gasteiger partial charge is 0.0568 e. The second kappa shape index (κ2) is 4.26. The lowest BCUT2D eigenvalue weighted by Crippen LogP contribution is -1.95. The van der Waals surface area contributed by atoms with Crippen LogP contribution in [0.4, 0.5) is 0 Å². The Kier molecular flexibility index (Phi) is 2.81. The summed E-state index contributed by atoms with van der Waals surface area (Å²) in [5, 5.41) is 4.30. The molecule has 2 heterocycles. The number of aromatic nitrogens is 3. The van der Waals surface area contributed by atoms with Gasteiger partial charge in [-0.1, -0.05) is 6.92 Å². The van der Waals surface area contributed by atoms with Gasteiger partial charge < -0.3 is 0 Å². The van der Waals surface area contributed by atoms with E-state index in [9.17, 15) is 0 Å². The molecule has 2 aromatic rings. The Bertz CT molecular complexity index is 446. The summed E-state index contributed by atoms with van der Waals surface area (Å²) in [5.41, 5.74) is 3.45. The van der Waals surface area contributed by atoms with E-state index >= 15 is 0 Å². The molecule has 15 heavy (non-hydrogen) atoms. The zero-order valence-electron chi connectivity index (χ0n) is 9.14. The van der Waals surface area contributed by atoms with E-state index in [0.29, 0.717) is 0 Å². The van der Waals surface area contributed by atoms with Crippen LogP contribution in [0.3, 0.4) is 0 Å². The van der Waals surface area contributed by atoms with E-state index in [-0.39, 0.29) is 0 Å². The lowest BCUT2D eigenvalue weighted by atomic mass is 10.1. The second-order valence-corrected chi connectivity index (χ2v) is 3.74. The van der Waals surface area contributed by atoms with E-state index in [1.165, 1.54) is 5.56 Å².